The summed E-state index contributed by atoms with van der Waals surface area (Å²) in [4.78, 5) is 0. The topological polar surface area (TPSA) is 63.4 Å². The first kappa shape index (κ1) is 13.9. The second kappa shape index (κ2) is 3.96. The second-order valence-electron chi connectivity index (χ2n) is 6.32. The van der Waals surface area contributed by atoms with E-state index in [1.165, 1.54) is 0 Å². The van der Waals surface area contributed by atoms with E-state index in [0.717, 1.165) is 6.42 Å². The molecule has 0 spiro atoms. The van der Waals surface area contributed by atoms with Gasteiger partial charge in [-0.05, 0) is 32.6 Å². The van der Waals surface area contributed by atoms with Crippen molar-refractivity contribution in [2.24, 2.45) is 11.1 Å². The van der Waals surface area contributed by atoms with Gasteiger partial charge in [0.1, 0.15) is 0 Å². The molecular formula is C11H24N2O2S. The van der Waals surface area contributed by atoms with E-state index >= 15 is 0 Å². The van der Waals surface area contributed by atoms with Crippen LogP contribution >= 0.6 is 0 Å². The minimum Gasteiger partial charge on any atom is -0.326 e. The SMILES string of the molecule is CC1(C)CCN(S(=O)(=O)C(C)(C)C)CC1N. The third-order valence-electron chi connectivity index (χ3n) is 3.52. The van der Waals surface area contributed by atoms with Crippen molar-refractivity contribution in [3.8, 4) is 0 Å². The van der Waals surface area contributed by atoms with Crippen LogP contribution in [-0.4, -0.2) is 36.6 Å². The molecule has 0 aromatic heterocycles. The average Bonchev–Trinajstić information content (AvgIpc) is 2.07. The van der Waals surface area contributed by atoms with Gasteiger partial charge in [-0.2, -0.15) is 4.31 Å². The second-order valence-corrected chi connectivity index (χ2v) is 9.01. The van der Waals surface area contributed by atoms with Crippen LogP contribution < -0.4 is 5.73 Å². The van der Waals surface area contributed by atoms with Crippen LogP contribution in [-0.2, 0) is 10.0 Å². The number of hydrogen-bond acceptors (Lipinski definition) is 3. The van der Waals surface area contributed by atoms with E-state index < -0.39 is 14.8 Å². The summed E-state index contributed by atoms with van der Waals surface area (Å²) in [5.41, 5.74) is 6.07. The van der Waals surface area contributed by atoms with E-state index in [-0.39, 0.29) is 11.5 Å². The quantitative estimate of drug-likeness (QED) is 0.758. The number of sulfonamides is 1. The van der Waals surface area contributed by atoms with Crippen LogP contribution in [0.25, 0.3) is 0 Å². The molecule has 1 aliphatic rings. The molecule has 4 nitrogen and oxygen atoms in total. The third-order valence-corrected chi connectivity index (χ3v) is 6.08. The molecule has 1 fully saturated rings. The van der Waals surface area contributed by atoms with E-state index in [9.17, 15) is 8.42 Å². The van der Waals surface area contributed by atoms with Crippen molar-refractivity contribution in [1.29, 1.82) is 0 Å². The van der Waals surface area contributed by atoms with Crippen LogP contribution in [0.15, 0.2) is 0 Å². The van der Waals surface area contributed by atoms with Gasteiger partial charge in [0.2, 0.25) is 10.0 Å². The van der Waals surface area contributed by atoms with Crippen LogP contribution in [0.1, 0.15) is 41.0 Å². The van der Waals surface area contributed by atoms with Gasteiger partial charge in [0.05, 0.1) is 4.75 Å². The lowest BCUT2D eigenvalue weighted by Crippen LogP contribution is -2.56. The standard InChI is InChI=1S/C11H24N2O2S/c1-10(2,3)16(14,15)13-7-6-11(4,5)9(12)8-13/h9H,6-8,12H2,1-5H3. The Bertz CT molecular complexity index is 355. The molecule has 16 heavy (non-hydrogen) atoms. The van der Waals surface area contributed by atoms with Crippen molar-refractivity contribution < 1.29 is 8.42 Å². The Balaban J connectivity index is 2.88. The van der Waals surface area contributed by atoms with Crippen molar-refractivity contribution in [2.45, 2.75) is 51.8 Å². The molecule has 0 aromatic carbocycles. The van der Waals surface area contributed by atoms with Gasteiger partial charge in [0, 0.05) is 19.1 Å². The first-order valence-corrected chi connectivity index (χ1v) is 7.18. The highest BCUT2D eigenvalue weighted by atomic mass is 32.2. The summed E-state index contributed by atoms with van der Waals surface area (Å²) in [5, 5.41) is 0. The monoisotopic (exact) mass is 248 g/mol. The number of piperidine rings is 1. The van der Waals surface area contributed by atoms with Crippen LogP contribution in [0.3, 0.4) is 0 Å². The van der Waals surface area contributed by atoms with Gasteiger partial charge in [-0.3, -0.25) is 0 Å². The van der Waals surface area contributed by atoms with Crippen molar-refractivity contribution in [2.75, 3.05) is 13.1 Å². The molecule has 0 saturated carbocycles. The predicted octanol–water partition coefficient (Wildman–Crippen LogP) is 1.17. The third kappa shape index (κ3) is 2.41. The molecule has 0 bridgehead atoms. The number of nitrogens with two attached hydrogens (primary N) is 1. The molecule has 2 N–H and O–H groups in total. The lowest BCUT2D eigenvalue weighted by atomic mass is 9.79. The molecule has 1 heterocycles. The Morgan fingerprint density at radius 3 is 2.19 bits per heavy atom. The van der Waals surface area contributed by atoms with Crippen molar-refractivity contribution in [3.05, 3.63) is 0 Å². The van der Waals surface area contributed by atoms with Gasteiger partial charge in [-0.25, -0.2) is 8.42 Å². The smallest absolute Gasteiger partial charge is 0.219 e. The van der Waals surface area contributed by atoms with Crippen molar-refractivity contribution in [1.82, 2.24) is 4.31 Å². The minimum absolute atomic E-state index is 0.0317. The fraction of sp³-hybridized carbons (Fsp3) is 1.00. The molecule has 96 valence electrons. The average molecular weight is 248 g/mol. The highest BCUT2D eigenvalue weighted by molar-refractivity contribution is 7.90. The van der Waals surface area contributed by atoms with Gasteiger partial charge < -0.3 is 5.73 Å². The summed E-state index contributed by atoms with van der Waals surface area (Å²) < 4.78 is 25.3. The Labute approximate surface area is 99.2 Å². The summed E-state index contributed by atoms with van der Waals surface area (Å²) in [7, 11) is -3.23. The van der Waals surface area contributed by atoms with Gasteiger partial charge in [0.15, 0.2) is 0 Å². The minimum atomic E-state index is -3.23. The van der Waals surface area contributed by atoms with Gasteiger partial charge >= 0.3 is 0 Å². The molecule has 0 radical (unpaired) electrons. The van der Waals surface area contributed by atoms with E-state index in [0.29, 0.717) is 13.1 Å². The summed E-state index contributed by atoms with van der Waals surface area (Å²) in [5.74, 6) is 0. The molecule has 0 aliphatic carbocycles. The van der Waals surface area contributed by atoms with E-state index in [2.05, 4.69) is 13.8 Å². The molecular weight excluding hydrogens is 224 g/mol. The highest BCUT2D eigenvalue weighted by Gasteiger charge is 2.42. The maximum absolute atomic E-state index is 12.2. The zero-order chi connectivity index (χ0) is 12.8. The summed E-state index contributed by atoms with van der Waals surface area (Å²) >= 11 is 0. The van der Waals surface area contributed by atoms with Crippen molar-refractivity contribution >= 4 is 10.0 Å². The molecule has 1 aliphatic heterocycles. The van der Waals surface area contributed by atoms with Gasteiger partial charge in [0.25, 0.3) is 0 Å². The van der Waals surface area contributed by atoms with Crippen molar-refractivity contribution in [3.63, 3.8) is 0 Å². The molecule has 0 aromatic rings. The van der Waals surface area contributed by atoms with Crippen LogP contribution in [0, 0.1) is 5.41 Å². The molecule has 1 atom stereocenters. The van der Waals surface area contributed by atoms with Crippen LogP contribution in [0.2, 0.25) is 0 Å². The summed E-state index contributed by atoms with van der Waals surface area (Å²) in [6.45, 7) is 10.4. The van der Waals surface area contributed by atoms with Crippen LogP contribution in [0.4, 0.5) is 0 Å². The van der Waals surface area contributed by atoms with Gasteiger partial charge in [-0.1, -0.05) is 13.8 Å². The number of nitrogens with zero attached hydrogens (tertiary/aromatic N) is 1. The van der Waals surface area contributed by atoms with E-state index in [4.69, 9.17) is 5.73 Å². The number of hydrogen-bond donors (Lipinski definition) is 1. The summed E-state index contributed by atoms with van der Waals surface area (Å²) in [6.07, 6.45) is 0.823. The maximum atomic E-state index is 12.2. The zero-order valence-electron chi connectivity index (χ0n) is 10.9. The Morgan fingerprint density at radius 2 is 1.81 bits per heavy atom. The largest absolute Gasteiger partial charge is 0.326 e. The first-order chi connectivity index (χ1) is 6.98. The molecule has 1 saturated heterocycles. The molecule has 1 unspecified atom stereocenters. The van der Waals surface area contributed by atoms with E-state index in [1.54, 1.807) is 25.1 Å². The van der Waals surface area contributed by atoms with Gasteiger partial charge in [-0.15, -0.1) is 0 Å². The normalized spacial score (nSPS) is 28.0. The van der Waals surface area contributed by atoms with Crippen LogP contribution in [0.5, 0.6) is 0 Å². The predicted molar refractivity (Wildman–Crippen MR) is 66.6 cm³/mol. The fourth-order valence-electron chi connectivity index (χ4n) is 1.76. The lowest BCUT2D eigenvalue weighted by molar-refractivity contribution is 0.159. The van der Waals surface area contributed by atoms with E-state index in [1.807, 2.05) is 0 Å². The highest BCUT2D eigenvalue weighted by Crippen LogP contribution is 2.32. The zero-order valence-corrected chi connectivity index (χ0v) is 11.8. The Morgan fingerprint density at radius 1 is 1.31 bits per heavy atom. The summed E-state index contributed by atoms with van der Waals surface area (Å²) in [6, 6.07) is -0.0848. The Hall–Kier alpha value is -0.130. The molecule has 1 rings (SSSR count). The molecule has 0 amide bonds. The number of rotatable bonds is 1. The Kier molecular flexibility index (Phi) is 3.45. The first-order valence-electron chi connectivity index (χ1n) is 5.74. The maximum Gasteiger partial charge on any atom is 0.219 e. The fourth-order valence-corrected chi connectivity index (χ4v) is 3.22. The lowest BCUT2D eigenvalue weighted by Gasteiger charge is -2.43. The molecule has 5 heteroatoms.